The molecule has 2 aliphatic heterocycles. The fourth-order valence-electron chi connectivity index (χ4n) is 2.88. The van der Waals surface area contributed by atoms with Gasteiger partial charge in [0.25, 0.3) is 0 Å². The second-order valence-electron chi connectivity index (χ2n) is 5.76. The van der Waals surface area contributed by atoms with Gasteiger partial charge in [0.2, 0.25) is 0 Å². The average Bonchev–Trinajstić information content (AvgIpc) is 2.77. The number of hydrogen-bond donors (Lipinski definition) is 0. The number of ketones is 1. The summed E-state index contributed by atoms with van der Waals surface area (Å²) in [5.41, 5.74) is -0.599. The second kappa shape index (κ2) is 5.39. The Hall–Kier alpha value is -0.900. The first-order valence-electron chi connectivity index (χ1n) is 6.87. The van der Waals surface area contributed by atoms with Crippen LogP contribution in [0, 0.1) is 5.92 Å². The fraction of sp³-hybridized carbons (Fsp3) is 0.857. The smallest absolute Gasteiger partial charge is 0.313 e. The summed E-state index contributed by atoms with van der Waals surface area (Å²) in [6, 6.07) is 0. The Morgan fingerprint density at radius 3 is 2.72 bits per heavy atom. The summed E-state index contributed by atoms with van der Waals surface area (Å²) in [6.07, 6.45) is 4.37. The number of esters is 1. The van der Waals surface area contributed by atoms with E-state index in [-0.39, 0.29) is 30.2 Å². The van der Waals surface area contributed by atoms with Gasteiger partial charge in [-0.1, -0.05) is 13.8 Å². The molecule has 0 spiro atoms. The zero-order chi connectivity index (χ0) is 13.2. The number of Topliss-reactive ketones (excluding diaryl/α,β-unsaturated/α-hetero) is 1. The molecule has 0 N–H and O–H groups in total. The number of cyclic esters (lactones) is 1. The Morgan fingerprint density at radius 2 is 2.17 bits per heavy atom. The second-order valence-corrected chi connectivity index (χ2v) is 5.76. The van der Waals surface area contributed by atoms with Crippen molar-refractivity contribution in [3.63, 3.8) is 0 Å². The summed E-state index contributed by atoms with van der Waals surface area (Å²) < 4.78 is 11.1. The molecule has 0 bridgehead atoms. The molecule has 2 saturated heterocycles. The highest BCUT2D eigenvalue weighted by atomic mass is 16.6. The first-order chi connectivity index (χ1) is 8.52. The molecule has 2 rings (SSSR count). The number of ether oxygens (including phenoxy) is 2. The third-order valence-electron chi connectivity index (χ3n) is 4.12. The number of carbonyl (C=O) groups is 2. The molecule has 102 valence electrons. The minimum Gasteiger partial charge on any atom is -0.458 e. The Labute approximate surface area is 108 Å². The van der Waals surface area contributed by atoms with Gasteiger partial charge in [-0.2, -0.15) is 0 Å². The maximum Gasteiger partial charge on any atom is 0.313 e. The van der Waals surface area contributed by atoms with Crippen LogP contribution >= 0.6 is 0 Å². The van der Waals surface area contributed by atoms with E-state index in [2.05, 4.69) is 0 Å². The molecule has 2 fully saturated rings. The van der Waals surface area contributed by atoms with Crippen molar-refractivity contribution in [2.24, 2.45) is 5.92 Å². The monoisotopic (exact) mass is 254 g/mol. The highest BCUT2D eigenvalue weighted by molar-refractivity contribution is 5.98. The Bertz CT molecular complexity index is 313. The van der Waals surface area contributed by atoms with E-state index < -0.39 is 5.60 Å². The van der Waals surface area contributed by atoms with E-state index in [0.29, 0.717) is 6.42 Å². The van der Waals surface area contributed by atoms with Crippen molar-refractivity contribution >= 4 is 11.8 Å². The highest BCUT2D eigenvalue weighted by Crippen LogP contribution is 2.36. The number of hydrogen-bond acceptors (Lipinski definition) is 4. The zero-order valence-corrected chi connectivity index (χ0v) is 11.2. The van der Waals surface area contributed by atoms with E-state index >= 15 is 0 Å². The zero-order valence-electron chi connectivity index (χ0n) is 11.2. The van der Waals surface area contributed by atoms with Crippen molar-refractivity contribution in [1.29, 1.82) is 0 Å². The topological polar surface area (TPSA) is 52.6 Å². The number of rotatable bonds is 4. The van der Waals surface area contributed by atoms with E-state index in [4.69, 9.17) is 9.47 Å². The first-order valence-corrected chi connectivity index (χ1v) is 6.87. The molecule has 0 amide bonds. The Balaban J connectivity index is 2.01. The predicted molar refractivity (Wildman–Crippen MR) is 66.1 cm³/mol. The molecule has 2 heterocycles. The van der Waals surface area contributed by atoms with Gasteiger partial charge in [0.05, 0.1) is 6.10 Å². The van der Waals surface area contributed by atoms with Crippen LogP contribution < -0.4 is 0 Å². The first kappa shape index (κ1) is 13.5. The Morgan fingerprint density at radius 1 is 1.39 bits per heavy atom. The standard InChI is InChI=1S/C14H22O4/c1-10(2)14(6-5-12-4-3-7-17-12)9-11(15)8-13(16)18-14/h10,12H,3-9H2,1-2H3. The van der Waals surface area contributed by atoms with Gasteiger partial charge in [-0.15, -0.1) is 0 Å². The quantitative estimate of drug-likeness (QED) is 0.570. The van der Waals surface area contributed by atoms with Crippen molar-refractivity contribution in [3.05, 3.63) is 0 Å². The van der Waals surface area contributed by atoms with Crippen LogP contribution in [0.1, 0.15) is 52.4 Å². The van der Waals surface area contributed by atoms with Crippen LogP contribution in [0.2, 0.25) is 0 Å². The molecule has 2 atom stereocenters. The molecule has 0 aliphatic carbocycles. The summed E-state index contributed by atoms with van der Waals surface area (Å²) in [7, 11) is 0. The lowest BCUT2D eigenvalue weighted by Gasteiger charge is -2.40. The third kappa shape index (κ3) is 2.91. The van der Waals surface area contributed by atoms with Crippen molar-refractivity contribution in [2.75, 3.05) is 6.61 Å². The van der Waals surface area contributed by atoms with Gasteiger partial charge in [-0.05, 0) is 31.6 Å². The van der Waals surface area contributed by atoms with E-state index in [1.54, 1.807) is 0 Å². The summed E-state index contributed by atoms with van der Waals surface area (Å²) in [5.74, 6) is -0.202. The molecular weight excluding hydrogens is 232 g/mol. The minimum absolute atomic E-state index is 0.00675. The molecule has 2 aliphatic rings. The van der Waals surface area contributed by atoms with Crippen molar-refractivity contribution in [1.82, 2.24) is 0 Å². The molecule has 0 saturated carbocycles. The van der Waals surface area contributed by atoms with Gasteiger partial charge in [-0.3, -0.25) is 9.59 Å². The Kier molecular flexibility index (Phi) is 4.05. The van der Waals surface area contributed by atoms with Gasteiger partial charge in [0.1, 0.15) is 17.8 Å². The third-order valence-corrected chi connectivity index (χ3v) is 4.12. The van der Waals surface area contributed by atoms with Gasteiger partial charge in [0, 0.05) is 13.0 Å². The summed E-state index contributed by atoms with van der Waals surface area (Å²) >= 11 is 0. The van der Waals surface area contributed by atoms with Crippen LogP contribution in [0.5, 0.6) is 0 Å². The van der Waals surface area contributed by atoms with Gasteiger partial charge < -0.3 is 9.47 Å². The van der Waals surface area contributed by atoms with E-state index in [9.17, 15) is 9.59 Å². The summed E-state index contributed by atoms with van der Waals surface area (Å²) in [6.45, 7) is 4.86. The van der Waals surface area contributed by atoms with Crippen molar-refractivity contribution in [3.8, 4) is 0 Å². The summed E-state index contributed by atoms with van der Waals surface area (Å²) in [5, 5.41) is 0. The number of carbonyl (C=O) groups excluding carboxylic acids is 2. The lowest BCUT2D eigenvalue weighted by molar-refractivity contribution is -0.178. The molecule has 18 heavy (non-hydrogen) atoms. The average molecular weight is 254 g/mol. The van der Waals surface area contributed by atoms with Gasteiger partial charge >= 0.3 is 5.97 Å². The van der Waals surface area contributed by atoms with Crippen molar-refractivity contribution in [2.45, 2.75) is 64.1 Å². The molecule has 0 radical (unpaired) electrons. The molecule has 4 nitrogen and oxygen atoms in total. The molecule has 0 aromatic rings. The molecule has 4 heteroatoms. The maximum absolute atomic E-state index is 11.7. The van der Waals surface area contributed by atoms with Crippen LogP contribution in [-0.4, -0.2) is 30.1 Å². The van der Waals surface area contributed by atoms with Crippen LogP contribution in [0.25, 0.3) is 0 Å². The highest BCUT2D eigenvalue weighted by Gasteiger charge is 2.44. The summed E-state index contributed by atoms with van der Waals surface area (Å²) in [4.78, 5) is 23.2. The van der Waals surface area contributed by atoms with Gasteiger partial charge in [-0.25, -0.2) is 0 Å². The van der Waals surface area contributed by atoms with E-state index in [1.807, 2.05) is 13.8 Å². The molecule has 2 unspecified atom stereocenters. The van der Waals surface area contributed by atoms with Crippen LogP contribution in [0.3, 0.4) is 0 Å². The van der Waals surface area contributed by atoms with Gasteiger partial charge in [0.15, 0.2) is 0 Å². The predicted octanol–water partition coefficient (Wildman–Crippen LogP) is 2.25. The minimum atomic E-state index is -0.599. The molecule has 0 aromatic carbocycles. The van der Waals surface area contributed by atoms with Crippen LogP contribution in [0.4, 0.5) is 0 Å². The normalized spacial score (nSPS) is 32.9. The fourth-order valence-corrected chi connectivity index (χ4v) is 2.88. The van der Waals surface area contributed by atoms with E-state index in [0.717, 1.165) is 32.3 Å². The largest absolute Gasteiger partial charge is 0.458 e. The maximum atomic E-state index is 11.7. The van der Waals surface area contributed by atoms with Crippen LogP contribution in [0.15, 0.2) is 0 Å². The van der Waals surface area contributed by atoms with E-state index in [1.165, 1.54) is 0 Å². The van der Waals surface area contributed by atoms with Crippen LogP contribution in [-0.2, 0) is 19.1 Å². The lowest BCUT2D eigenvalue weighted by atomic mass is 9.78. The SMILES string of the molecule is CC(C)C1(CCC2CCCO2)CC(=O)CC(=O)O1. The molecule has 0 aromatic heterocycles. The van der Waals surface area contributed by atoms with Crippen molar-refractivity contribution < 1.29 is 19.1 Å². The lowest BCUT2D eigenvalue weighted by Crippen LogP contribution is -2.47. The molecular formula is C14H22O4.